The highest BCUT2D eigenvalue weighted by Gasteiger charge is 2.57. The van der Waals surface area contributed by atoms with Crippen molar-refractivity contribution in [2.24, 2.45) is 5.92 Å². The minimum Gasteiger partial charge on any atom is -0.497 e. The van der Waals surface area contributed by atoms with Crippen LogP contribution in [-0.4, -0.2) is 104 Å². The van der Waals surface area contributed by atoms with Gasteiger partial charge >= 0.3 is 12.1 Å². The summed E-state index contributed by atoms with van der Waals surface area (Å²) in [4.78, 5) is 41.3. The van der Waals surface area contributed by atoms with E-state index in [1.165, 1.54) is 19.2 Å². The van der Waals surface area contributed by atoms with Gasteiger partial charge in [-0.25, -0.2) is 9.97 Å². The number of carboxylic acid groups (broad SMARTS) is 1. The number of alkyl halides is 3. The third-order valence-corrected chi connectivity index (χ3v) is 10.7. The Kier molecular flexibility index (Phi) is 10.5. The van der Waals surface area contributed by atoms with Crippen molar-refractivity contribution in [2.75, 3.05) is 70.5 Å². The molecule has 1 amide bonds. The standard InChI is InChI=1S/C37H44F3N5O6/c1-23-41-14-11-33(42-23)44-20-31(24-5-8-29(50-3)9-6-24)36(22-44,51-4)35(48)45-19-26(17-28(45)21-49-2)30-10-7-27(37(38,39)40)18-32(30)43-15-12-25(13-16-43)34(46)47/h5-11,14,18,25-26,28,31H,12-13,15-17,19-22H2,1-4H3,(H,46,47)/t26-,28+,31+,36+/m1/s1. The number of aromatic nitrogens is 2. The number of aliphatic carboxylic acids is 1. The van der Waals surface area contributed by atoms with Gasteiger partial charge in [0.1, 0.15) is 17.4 Å². The maximum absolute atomic E-state index is 15.1. The number of amides is 1. The Morgan fingerprint density at radius 1 is 1.00 bits per heavy atom. The number of ether oxygens (including phenoxy) is 3. The number of carbonyl (C=O) groups excluding carboxylic acids is 1. The van der Waals surface area contributed by atoms with Gasteiger partial charge in [-0.2, -0.15) is 13.2 Å². The van der Waals surface area contributed by atoms with Gasteiger partial charge in [-0.15, -0.1) is 0 Å². The average Bonchev–Trinajstić information content (AvgIpc) is 3.74. The van der Waals surface area contributed by atoms with Crippen molar-refractivity contribution in [2.45, 2.75) is 55.8 Å². The fraction of sp³-hybridized carbons (Fsp3) is 0.514. The summed E-state index contributed by atoms with van der Waals surface area (Å²) in [6.07, 6.45) is -1.75. The van der Waals surface area contributed by atoms with E-state index >= 15 is 4.79 Å². The summed E-state index contributed by atoms with van der Waals surface area (Å²) in [7, 11) is 4.69. The highest BCUT2D eigenvalue weighted by atomic mass is 19.4. The lowest BCUT2D eigenvalue weighted by Crippen LogP contribution is -2.56. The smallest absolute Gasteiger partial charge is 0.416 e. The molecule has 1 N–H and O–H groups in total. The molecule has 0 aliphatic carbocycles. The number of methoxy groups -OCH3 is 3. The molecule has 14 heteroatoms. The van der Waals surface area contributed by atoms with Crippen molar-refractivity contribution in [3.8, 4) is 5.75 Å². The van der Waals surface area contributed by atoms with Gasteiger partial charge in [0, 0.05) is 64.1 Å². The minimum atomic E-state index is -4.55. The van der Waals surface area contributed by atoms with Crippen molar-refractivity contribution in [3.05, 3.63) is 77.2 Å². The van der Waals surface area contributed by atoms with Gasteiger partial charge in [-0.05, 0) is 67.6 Å². The summed E-state index contributed by atoms with van der Waals surface area (Å²) in [5.74, 6) is -0.447. The molecule has 11 nitrogen and oxygen atoms in total. The van der Waals surface area contributed by atoms with Gasteiger partial charge in [0.05, 0.1) is 37.8 Å². The van der Waals surface area contributed by atoms with Crippen molar-refractivity contribution >= 4 is 23.4 Å². The van der Waals surface area contributed by atoms with Crippen molar-refractivity contribution in [1.29, 1.82) is 0 Å². The molecule has 6 rings (SSSR count). The number of nitrogens with zero attached hydrogens (tertiary/aromatic N) is 5. The minimum absolute atomic E-state index is 0.209. The molecule has 3 saturated heterocycles. The number of hydrogen-bond acceptors (Lipinski definition) is 9. The molecule has 3 aliphatic heterocycles. The number of anilines is 2. The Morgan fingerprint density at radius 3 is 2.33 bits per heavy atom. The molecule has 0 spiro atoms. The van der Waals surface area contributed by atoms with E-state index in [0.717, 1.165) is 11.6 Å². The van der Waals surface area contributed by atoms with E-state index in [1.54, 1.807) is 38.3 Å². The Bertz CT molecular complexity index is 1720. The molecule has 0 saturated carbocycles. The van der Waals surface area contributed by atoms with E-state index in [9.17, 15) is 23.1 Å². The number of piperidine rings is 1. The van der Waals surface area contributed by atoms with Crippen molar-refractivity contribution in [3.63, 3.8) is 0 Å². The molecule has 3 fully saturated rings. The summed E-state index contributed by atoms with van der Waals surface area (Å²) in [5.41, 5.74) is -0.111. The largest absolute Gasteiger partial charge is 0.497 e. The predicted molar refractivity (Wildman–Crippen MR) is 183 cm³/mol. The van der Waals surface area contributed by atoms with Gasteiger partial charge in [-0.1, -0.05) is 18.2 Å². The molecule has 51 heavy (non-hydrogen) atoms. The number of rotatable bonds is 10. The third kappa shape index (κ3) is 7.21. The van der Waals surface area contributed by atoms with Crippen LogP contribution < -0.4 is 14.5 Å². The Labute approximate surface area is 295 Å². The molecule has 4 atom stereocenters. The molecular formula is C37H44F3N5O6. The zero-order valence-electron chi connectivity index (χ0n) is 29.2. The first-order valence-corrected chi connectivity index (χ1v) is 17.1. The highest BCUT2D eigenvalue weighted by Crippen LogP contribution is 2.46. The van der Waals surface area contributed by atoms with Crippen LogP contribution in [0.1, 0.15) is 53.6 Å². The summed E-state index contributed by atoms with van der Waals surface area (Å²) in [6, 6.07) is 12.8. The maximum atomic E-state index is 15.1. The fourth-order valence-corrected chi connectivity index (χ4v) is 8.03. The lowest BCUT2D eigenvalue weighted by molar-refractivity contribution is -0.156. The molecule has 2 aromatic carbocycles. The number of likely N-dealkylation sites (tertiary alicyclic amines) is 1. The molecule has 274 valence electrons. The maximum Gasteiger partial charge on any atom is 0.416 e. The first kappa shape index (κ1) is 36.4. The molecule has 0 unspecified atom stereocenters. The SMILES string of the molecule is COC[C@@H]1C[C@@H](c2ccc(C(F)(F)F)cc2N2CCC(C(=O)O)CC2)CN1C(=O)[C@]1(OC)CN(c2ccnc(C)n2)C[C@H]1c1ccc(OC)cc1. The first-order valence-electron chi connectivity index (χ1n) is 17.1. The number of carbonyl (C=O) groups is 2. The van der Waals surface area contributed by atoms with Crippen LogP contribution in [0, 0.1) is 12.8 Å². The van der Waals surface area contributed by atoms with Crippen LogP contribution in [0.15, 0.2) is 54.7 Å². The lowest BCUT2D eigenvalue weighted by Gasteiger charge is -2.38. The van der Waals surface area contributed by atoms with Crippen LogP contribution in [0.3, 0.4) is 0 Å². The summed E-state index contributed by atoms with van der Waals surface area (Å²) < 4.78 is 59.3. The van der Waals surface area contributed by atoms with Crippen molar-refractivity contribution < 1.29 is 42.1 Å². The van der Waals surface area contributed by atoms with E-state index in [4.69, 9.17) is 14.2 Å². The van der Waals surface area contributed by atoms with Crippen LogP contribution >= 0.6 is 0 Å². The summed E-state index contributed by atoms with van der Waals surface area (Å²) in [6.45, 7) is 3.55. The second-order valence-corrected chi connectivity index (χ2v) is 13.6. The zero-order valence-corrected chi connectivity index (χ0v) is 29.2. The topological polar surface area (TPSA) is 118 Å². The van der Waals surface area contributed by atoms with Crippen LogP contribution in [0.2, 0.25) is 0 Å². The van der Waals surface area contributed by atoms with Crippen LogP contribution in [0.25, 0.3) is 0 Å². The van der Waals surface area contributed by atoms with Gasteiger partial charge < -0.3 is 34.0 Å². The number of aryl methyl sites for hydroxylation is 1. The van der Waals surface area contributed by atoms with E-state index < -0.39 is 35.1 Å². The highest BCUT2D eigenvalue weighted by molar-refractivity contribution is 5.89. The van der Waals surface area contributed by atoms with Gasteiger partial charge in [-0.3, -0.25) is 9.59 Å². The van der Waals surface area contributed by atoms with Gasteiger partial charge in [0.15, 0.2) is 5.60 Å². The first-order chi connectivity index (χ1) is 24.4. The molecule has 4 heterocycles. The van der Waals surface area contributed by atoms with Gasteiger partial charge in [0.25, 0.3) is 5.91 Å². The second kappa shape index (κ2) is 14.7. The molecule has 3 aliphatic rings. The molecule has 0 radical (unpaired) electrons. The Morgan fingerprint density at radius 2 is 1.73 bits per heavy atom. The van der Waals surface area contributed by atoms with Crippen molar-refractivity contribution in [1.82, 2.24) is 14.9 Å². The Balaban J connectivity index is 1.36. The van der Waals surface area contributed by atoms with Crippen LogP contribution in [0.5, 0.6) is 5.75 Å². The van der Waals surface area contributed by atoms with Gasteiger partial charge in [0.2, 0.25) is 0 Å². The molecule has 3 aromatic rings. The quantitative estimate of drug-likeness (QED) is 0.303. The molecule has 0 bridgehead atoms. The number of carboxylic acids is 1. The lowest BCUT2D eigenvalue weighted by atomic mass is 9.83. The van der Waals surface area contributed by atoms with E-state index in [0.29, 0.717) is 67.5 Å². The average molecular weight is 712 g/mol. The summed E-state index contributed by atoms with van der Waals surface area (Å²) in [5, 5.41) is 9.53. The predicted octanol–water partition coefficient (Wildman–Crippen LogP) is 5.13. The molecule has 1 aromatic heterocycles. The normalized spacial score (nSPS) is 24.3. The van der Waals surface area contributed by atoms with Crippen LogP contribution in [-0.2, 0) is 25.2 Å². The summed E-state index contributed by atoms with van der Waals surface area (Å²) >= 11 is 0. The number of halogens is 3. The monoisotopic (exact) mass is 711 g/mol. The second-order valence-electron chi connectivity index (χ2n) is 13.6. The van der Waals surface area contributed by atoms with E-state index in [1.807, 2.05) is 34.1 Å². The number of hydrogen-bond donors (Lipinski definition) is 1. The van der Waals surface area contributed by atoms with E-state index in [-0.39, 0.29) is 37.6 Å². The zero-order chi connectivity index (χ0) is 36.5. The number of benzene rings is 2. The molecular weight excluding hydrogens is 667 g/mol. The van der Waals surface area contributed by atoms with E-state index in [2.05, 4.69) is 9.97 Å². The Hall–Kier alpha value is -4.43. The van der Waals surface area contributed by atoms with Crippen LogP contribution in [0.4, 0.5) is 24.7 Å². The third-order valence-electron chi connectivity index (χ3n) is 10.7. The fourth-order valence-electron chi connectivity index (χ4n) is 8.03.